The van der Waals surface area contributed by atoms with Gasteiger partial charge in [0.2, 0.25) is 0 Å². The van der Waals surface area contributed by atoms with Crippen LogP contribution in [0.15, 0.2) is 23.9 Å². The van der Waals surface area contributed by atoms with Crippen LogP contribution in [0.5, 0.6) is 0 Å². The van der Waals surface area contributed by atoms with Gasteiger partial charge in [0.1, 0.15) is 5.70 Å². The molecule has 1 aromatic carbocycles. The summed E-state index contributed by atoms with van der Waals surface area (Å²) in [5.74, 6) is -0.376. The number of likely N-dealkylation sites (tertiary alicyclic amines) is 2. The van der Waals surface area contributed by atoms with Crippen molar-refractivity contribution >= 4 is 23.5 Å². The van der Waals surface area contributed by atoms with Crippen LogP contribution in [-0.4, -0.2) is 71.4 Å². The van der Waals surface area contributed by atoms with Gasteiger partial charge < -0.3 is 14.5 Å². The Kier molecular flexibility index (Phi) is 6.53. The smallest absolute Gasteiger partial charge is 0.409 e. The first-order valence-electron chi connectivity index (χ1n) is 11.8. The first-order chi connectivity index (χ1) is 15.4. The summed E-state index contributed by atoms with van der Waals surface area (Å²) < 4.78 is 5.10. The van der Waals surface area contributed by atoms with Crippen LogP contribution in [0.3, 0.4) is 0 Å². The molecule has 3 heterocycles. The van der Waals surface area contributed by atoms with E-state index >= 15 is 0 Å². The fourth-order valence-electron chi connectivity index (χ4n) is 5.14. The summed E-state index contributed by atoms with van der Waals surface area (Å²) in [6.07, 6.45) is 4.04. The van der Waals surface area contributed by atoms with Crippen molar-refractivity contribution < 1.29 is 19.1 Å². The Morgan fingerprint density at radius 1 is 1.00 bits per heavy atom. The van der Waals surface area contributed by atoms with Crippen LogP contribution in [0.4, 0.5) is 4.79 Å². The zero-order valence-corrected chi connectivity index (χ0v) is 19.4. The van der Waals surface area contributed by atoms with E-state index in [1.165, 1.54) is 4.90 Å². The Hall–Kier alpha value is -2.83. The van der Waals surface area contributed by atoms with E-state index in [9.17, 15) is 14.4 Å². The van der Waals surface area contributed by atoms with Gasteiger partial charge >= 0.3 is 6.09 Å². The highest BCUT2D eigenvalue weighted by Gasteiger charge is 2.46. The molecule has 3 amide bonds. The molecular weight excluding hydrogens is 406 g/mol. The second kappa shape index (κ2) is 9.35. The number of carbonyl (C=O) groups excluding carboxylic acids is 3. The maximum Gasteiger partial charge on any atom is 0.409 e. The van der Waals surface area contributed by atoms with Crippen molar-refractivity contribution in [2.24, 2.45) is 0 Å². The third kappa shape index (κ3) is 4.12. The third-order valence-electron chi connectivity index (χ3n) is 6.77. The summed E-state index contributed by atoms with van der Waals surface area (Å²) in [4.78, 5) is 44.7. The average molecular weight is 440 g/mol. The van der Waals surface area contributed by atoms with Crippen LogP contribution in [0.25, 0.3) is 5.57 Å². The lowest BCUT2D eigenvalue weighted by atomic mass is 9.96. The average Bonchev–Trinajstić information content (AvgIpc) is 3.04. The maximum absolute atomic E-state index is 13.7. The first-order valence-corrected chi connectivity index (χ1v) is 11.8. The van der Waals surface area contributed by atoms with Crippen LogP contribution in [0, 0.1) is 13.8 Å². The number of imide groups is 1. The number of ether oxygens (including phenoxy) is 1. The summed E-state index contributed by atoms with van der Waals surface area (Å²) in [5.41, 5.74) is 4.10. The van der Waals surface area contributed by atoms with Crippen molar-refractivity contribution in [3.8, 4) is 0 Å². The fraction of sp³-hybridized carbons (Fsp3) is 0.560. The SMILES string of the molecule is CCOC(=O)N1CCC(N2C(=O)C(c3ccc(C)cc3C)=C(N3CCCCC3)C2=O)CC1. The summed E-state index contributed by atoms with van der Waals surface area (Å²) in [6, 6.07) is 5.83. The van der Waals surface area contributed by atoms with Gasteiger partial charge in [-0.3, -0.25) is 14.5 Å². The van der Waals surface area contributed by atoms with Crippen LogP contribution < -0.4 is 0 Å². The number of hydrogen-bond donors (Lipinski definition) is 0. The lowest BCUT2D eigenvalue weighted by Gasteiger charge is -2.36. The lowest BCUT2D eigenvalue weighted by Crippen LogP contribution is -2.50. The minimum absolute atomic E-state index is 0.179. The number of carbonyl (C=O) groups is 3. The molecule has 0 saturated carbocycles. The number of benzene rings is 1. The zero-order valence-electron chi connectivity index (χ0n) is 19.4. The van der Waals surface area contributed by atoms with Gasteiger partial charge in [0, 0.05) is 32.2 Å². The van der Waals surface area contributed by atoms with E-state index in [1.54, 1.807) is 11.8 Å². The second-order valence-corrected chi connectivity index (χ2v) is 8.99. The maximum atomic E-state index is 13.7. The Morgan fingerprint density at radius 2 is 1.69 bits per heavy atom. The van der Waals surface area contributed by atoms with Crippen LogP contribution >= 0.6 is 0 Å². The molecule has 1 aromatic rings. The standard InChI is InChI=1S/C25H33N3O4/c1-4-32-25(31)27-14-10-19(11-15-27)28-23(29)21(20-9-8-17(2)16-18(20)3)22(24(28)30)26-12-6-5-7-13-26/h8-9,16,19H,4-7,10-15H2,1-3H3. The Labute approximate surface area is 190 Å². The topological polar surface area (TPSA) is 70.2 Å². The number of piperidine rings is 2. The normalized spacial score (nSPS) is 20.4. The molecule has 0 unspecified atom stereocenters. The second-order valence-electron chi connectivity index (χ2n) is 8.99. The van der Waals surface area contributed by atoms with Crippen molar-refractivity contribution in [1.29, 1.82) is 0 Å². The highest BCUT2D eigenvalue weighted by molar-refractivity contribution is 6.36. The van der Waals surface area contributed by atoms with E-state index < -0.39 is 0 Å². The van der Waals surface area contributed by atoms with E-state index in [1.807, 2.05) is 26.0 Å². The molecule has 4 rings (SSSR count). The molecule has 172 valence electrons. The quantitative estimate of drug-likeness (QED) is 0.672. The number of rotatable bonds is 4. The van der Waals surface area contributed by atoms with Crippen LogP contribution in [0.2, 0.25) is 0 Å². The van der Waals surface area contributed by atoms with Gasteiger partial charge in [-0.1, -0.05) is 23.8 Å². The highest BCUT2D eigenvalue weighted by Crippen LogP contribution is 2.37. The van der Waals surface area contributed by atoms with Gasteiger partial charge in [-0.25, -0.2) is 4.79 Å². The number of hydrogen-bond acceptors (Lipinski definition) is 5. The molecular formula is C25H33N3O4. The Bertz CT molecular complexity index is 941. The number of nitrogens with zero attached hydrogens (tertiary/aromatic N) is 3. The van der Waals surface area contributed by atoms with Gasteiger partial charge in [-0.2, -0.15) is 0 Å². The Balaban J connectivity index is 1.63. The van der Waals surface area contributed by atoms with Crippen molar-refractivity contribution in [2.45, 2.75) is 58.9 Å². The Morgan fingerprint density at radius 3 is 2.31 bits per heavy atom. The lowest BCUT2D eigenvalue weighted by molar-refractivity contribution is -0.141. The molecule has 7 nitrogen and oxygen atoms in total. The summed E-state index contributed by atoms with van der Waals surface area (Å²) in [6.45, 7) is 8.73. The predicted octanol–water partition coefficient (Wildman–Crippen LogP) is 3.49. The van der Waals surface area contributed by atoms with Crippen LogP contribution in [-0.2, 0) is 14.3 Å². The number of aryl methyl sites for hydroxylation is 2. The summed E-state index contributed by atoms with van der Waals surface area (Å²) in [7, 11) is 0. The van der Waals surface area contributed by atoms with Crippen molar-refractivity contribution in [3.05, 3.63) is 40.6 Å². The van der Waals surface area contributed by atoms with E-state index in [-0.39, 0.29) is 23.9 Å². The molecule has 32 heavy (non-hydrogen) atoms. The molecule has 0 spiro atoms. The molecule has 2 fully saturated rings. The minimum Gasteiger partial charge on any atom is -0.450 e. The molecule has 0 aliphatic carbocycles. The van der Waals surface area contributed by atoms with Crippen molar-refractivity contribution in [2.75, 3.05) is 32.8 Å². The minimum atomic E-state index is -0.326. The molecule has 3 aliphatic rings. The molecule has 7 heteroatoms. The molecule has 0 N–H and O–H groups in total. The molecule has 3 aliphatic heterocycles. The predicted molar refractivity (Wildman–Crippen MR) is 122 cm³/mol. The van der Waals surface area contributed by atoms with E-state index in [0.29, 0.717) is 43.8 Å². The van der Waals surface area contributed by atoms with Gasteiger partial charge in [0.15, 0.2) is 0 Å². The van der Waals surface area contributed by atoms with E-state index in [2.05, 4.69) is 11.0 Å². The van der Waals surface area contributed by atoms with E-state index in [0.717, 1.165) is 49.0 Å². The molecule has 2 saturated heterocycles. The summed E-state index contributed by atoms with van der Waals surface area (Å²) in [5, 5.41) is 0. The highest BCUT2D eigenvalue weighted by atomic mass is 16.6. The molecule has 0 bridgehead atoms. The van der Waals surface area contributed by atoms with Gasteiger partial charge in [-0.05, 0) is 64.0 Å². The van der Waals surface area contributed by atoms with Crippen molar-refractivity contribution in [1.82, 2.24) is 14.7 Å². The van der Waals surface area contributed by atoms with Gasteiger partial charge in [0.05, 0.1) is 12.2 Å². The summed E-state index contributed by atoms with van der Waals surface area (Å²) >= 11 is 0. The largest absolute Gasteiger partial charge is 0.450 e. The van der Waals surface area contributed by atoms with Gasteiger partial charge in [-0.15, -0.1) is 0 Å². The molecule has 0 radical (unpaired) electrons. The van der Waals surface area contributed by atoms with E-state index in [4.69, 9.17) is 4.74 Å². The third-order valence-corrected chi connectivity index (χ3v) is 6.77. The zero-order chi connectivity index (χ0) is 22.8. The fourth-order valence-corrected chi connectivity index (χ4v) is 5.14. The molecule has 0 aromatic heterocycles. The van der Waals surface area contributed by atoms with Gasteiger partial charge in [0.25, 0.3) is 11.8 Å². The molecule has 0 atom stereocenters. The van der Waals surface area contributed by atoms with Crippen LogP contribution in [0.1, 0.15) is 55.7 Å². The monoisotopic (exact) mass is 439 g/mol. The number of amides is 3. The van der Waals surface area contributed by atoms with Crippen molar-refractivity contribution in [3.63, 3.8) is 0 Å². The first kappa shape index (κ1) is 22.4.